The molecule has 0 aliphatic rings. The molecule has 21 heavy (non-hydrogen) atoms. The normalized spacial score (nSPS) is 13.1. The number of sulfone groups is 1. The number of rotatable bonds is 5. The van der Waals surface area contributed by atoms with Gasteiger partial charge in [-0.1, -0.05) is 48.9 Å². The molecule has 2 rings (SSSR count). The van der Waals surface area contributed by atoms with Crippen molar-refractivity contribution in [1.29, 1.82) is 0 Å². The summed E-state index contributed by atoms with van der Waals surface area (Å²) in [6.45, 7) is 3.95. The zero-order chi connectivity index (χ0) is 15.5. The third-order valence-corrected chi connectivity index (χ3v) is 5.28. The lowest BCUT2D eigenvalue weighted by Crippen LogP contribution is -2.14. The lowest BCUT2D eigenvalue weighted by atomic mass is 10.1. The Labute approximate surface area is 126 Å². The summed E-state index contributed by atoms with van der Waals surface area (Å²) in [5.41, 5.74) is 2.79. The van der Waals surface area contributed by atoms with Crippen molar-refractivity contribution >= 4 is 9.84 Å². The van der Waals surface area contributed by atoms with Crippen LogP contribution in [-0.2, 0) is 16.3 Å². The van der Waals surface area contributed by atoms with E-state index in [4.69, 9.17) is 0 Å². The van der Waals surface area contributed by atoms with E-state index in [1.165, 1.54) is 0 Å². The predicted molar refractivity (Wildman–Crippen MR) is 84.0 cm³/mol. The Bertz CT molecular complexity index is 686. The number of hydrogen-bond acceptors (Lipinski definition) is 3. The van der Waals surface area contributed by atoms with Gasteiger partial charge in [-0.05, 0) is 36.6 Å². The molecule has 2 aromatic carbocycles. The van der Waals surface area contributed by atoms with Crippen LogP contribution >= 0.6 is 0 Å². The third-order valence-electron chi connectivity index (χ3n) is 3.53. The fourth-order valence-electron chi connectivity index (χ4n) is 2.12. The largest absolute Gasteiger partial charge is 0.387 e. The second-order valence-electron chi connectivity index (χ2n) is 5.21. The maximum atomic E-state index is 12.3. The Morgan fingerprint density at radius 2 is 1.57 bits per heavy atom. The van der Waals surface area contributed by atoms with Crippen molar-refractivity contribution in [3.05, 3.63) is 65.2 Å². The molecule has 112 valence electrons. The van der Waals surface area contributed by atoms with Crippen LogP contribution in [0.25, 0.3) is 0 Å². The molecule has 1 N–H and O–H groups in total. The first-order chi connectivity index (χ1) is 9.92. The number of aliphatic hydroxyl groups is 1. The molecule has 0 fully saturated rings. The van der Waals surface area contributed by atoms with Crippen LogP contribution in [-0.4, -0.2) is 19.3 Å². The SMILES string of the molecule is CCc1ccc(C(O)CS(=O)(=O)c2ccc(C)cc2)cc1. The first kappa shape index (κ1) is 15.7. The van der Waals surface area contributed by atoms with Crippen molar-refractivity contribution < 1.29 is 13.5 Å². The summed E-state index contributed by atoms with van der Waals surface area (Å²) in [7, 11) is -3.49. The molecule has 3 nitrogen and oxygen atoms in total. The van der Waals surface area contributed by atoms with Crippen molar-refractivity contribution in [3.8, 4) is 0 Å². The summed E-state index contributed by atoms with van der Waals surface area (Å²) >= 11 is 0. The second kappa shape index (κ2) is 6.41. The van der Waals surface area contributed by atoms with Crippen LogP contribution in [0.3, 0.4) is 0 Å². The monoisotopic (exact) mass is 304 g/mol. The molecular formula is C17H20O3S. The smallest absolute Gasteiger partial charge is 0.181 e. The Morgan fingerprint density at radius 1 is 1.00 bits per heavy atom. The van der Waals surface area contributed by atoms with Gasteiger partial charge in [-0.3, -0.25) is 0 Å². The van der Waals surface area contributed by atoms with Gasteiger partial charge in [0.1, 0.15) is 0 Å². The van der Waals surface area contributed by atoms with Gasteiger partial charge in [-0.25, -0.2) is 8.42 Å². The first-order valence-corrected chi connectivity index (χ1v) is 8.64. The van der Waals surface area contributed by atoms with Crippen molar-refractivity contribution in [2.75, 3.05) is 5.75 Å². The average molecular weight is 304 g/mol. The van der Waals surface area contributed by atoms with E-state index in [9.17, 15) is 13.5 Å². The molecule has 0 aliphatic heterocycles. The Hall–Kier alpha value is -1.65. The van der Waals surface area contributed by atoms with E-state index >= 15 is 0 Å². The van der Waals surface area contributed by atoms with Crippen LogP contribution in [0.1, 0.15) is 29.7 Å². The van der Waals surface area contributed by atoms with E-state index in [-0.39, 0.29) is 10.6 Å². The van der Waals surface area contributed by atoms with Crippen LogP contribution in [0.15, 0.2) is 53.4 Å². The summed E-state index contributed by atoms with van der Waals surface area (Å²) in [5, 5.41) is 10.2. The fourth-order valence-corrected chi connectivity index (χ4v) is 3.47. The molecule has 0 bridgehead atoms. The Balaban J connectivity index is 2.17. The van der Waals surface area contributed by atoms with E-state index in [1.54, 1.807) is 36.4 Å². The average Bonchev–Trinajstić information content (AvgIpc) is 2.47. The van der Waals surface area contributed by atoms with Gasteiger partial charge in [0.2, 0.25) is 0 Å². The Morgan fingerprint density at radius 3 is 2.10 bits per heavy atom. The zero-order valence-corrected chi connectivity index (χ0v) is 13.1. The highest BCUT2D eigenvalue weighted by atomic mass is 32.2. The van der Waals surface area contributed by atoms with Gasteiger partial charge in [-0.15, -0.1) is 0 Å². The van der Waals surface area contributed by atoms with Gasteiger partial charge in [-0.2, -0.15) is 0 Å². The molecule has 2 aromatic rings. The summed E-state index contributed by atoms with van der Waals surface area (Å²) in [6.07, 6.45) is -0.0971. The summed E-state index contributed by atoms with van der Waals surface area (Å²) in [6, 6.07) is 14.1. The molecule has 0 aliphatic carbocycles. The van der Waals surface area contributed by atoms with Crippen LogP contribution in [0, 0.1) is 6.92 Å². The van der Waals surface area contributed by atoms with Crippen LogP contribution in [0.5, 0.6) is 0 Å². The van der Waals surface area contributed by atoms with Gasteiger partial charge in [0.05, 0.1) is 16.8 Å². The summed E-state index contributed by atoms with van der Waals surface area (Å²) in [4.78, 5) is 0.248. The first-order valence-electron chi connectivity index (χ1n) is 6.98. The quantitative estimate of drug-likeness (QED) is 0.923. The summed E-state index contributed by atoms with van der Waals surface area (Å²) in [5.74, 6) is -0.304. The van der Waals surface area contributed by atoms with Crippen molar-refractivity contribution in [2.45, 2.75) is 31.3 Å². The van der Waals surface area contributed by atoms with E-state index in [0.717, 1.165) is 17.5 Å². The molecule has 1 unspecified atom stereocenters. The van der Waals surface area contributed by atoms with Crippen LogP contribution < -0.4 is 0 Å². The third kappa shape index (κ3) is 3.93. The van der Waals surface area contributed by atoms with Gasteiger partial charge in [0.15, 0.2) is 9.84 Å². The number of aliphatic hydroxyl groups excluding tert-OH is 1. The molecule has 0 spiro atoms. The maximum absolute atomic E-state index is 12.3. The minimum Gasteiger partial charge on any atom is -0.387 e. The molecule has 0 radical (unpaired) electrons. The standard InChI is InChI=1S/C17H20O3S/c1-3-14-6-8-15(9-7-14)17(18)12-21(19,20)16-10-4-13(2)5-11-16/h4-11,17-18H,3,12H2,1-2H3. The second-order valence-corrected chi connectivity index (χ2v) is 7.24. The molecule has 0 aromatic heterocycles. The van der Waals surface area contributed by atoms with Crippen molar-refractivity contribution in [2.24, 2.45) is 0 Å². The van der Waals surface area contributed by atoms with Gasteiger partial charge in [0, 0.05) is 0 Å². The molecule has 0 saturated carbocycles. The molecule has 0 amide bonds. The highest BCUT2D eigenvalue weighted by molar-refractivity contribution is 7.91. The number of hydrogen-bond donors (Lipinski definition) is 1. The van der Waals surface area contributed by atoms with Gasteiger partial charge in [0.25, 0.3) is 0 Å². The van der Waals surface area contributed by atoms with E-state index < -0.39 is 15.9 Å². The highest BCUT2D eigenvalue weighted by Gasteiger charge is 2.20. The van der Waals surface area contributed by atoms with Gasteiger partial charge >= 0.3 is 0 Å². The molecule has 0 heterocycles. The Kier molecular flexibility index (Phi) is 4.80. The van der Waals surface area contributed by atoms with Crippen LogP contribution in [0.2, 0.25) is 0 Å². The van der Waals surface area contributed by atoms with E-state index in [0.29, 0.717) is 5.56 Å². The molecule has 0 saturated heterocycles. The maximum Gasteiger partial charge on any atom is 0.181 e. The van der Waals surface area contributed by atoms with Crippen molar-refractivity contribution in [3.63, 3.8) is 0 Å². The van der Waals surface area contributed by atoms with Crippen molar-refractivity contribution in [1.82, 2.24) is 0 Å². The predicted octanol–water partition coefficient (Wildman–Crippen LogP) is 3.06. The summed E-state index contributed by atoms with van der Waals surface area (Å²) < 4.78 is 24.6. The van der Waals surface area contributed by atoms with E-state index in [2.05, 4.69) is 0 Å². The van der Waals surface area contributed by atoms with E-state index in [1.807, 2.05) is 26.0 Å². The topological polar surface area (TPSA) is 54.4 Å². The zero-order valence-electron chi connectivity index (χ0n) is 12.3. The molecule has 4 heteroatoms. The number of benzene rings is 2. The minimum absolute atomic E-state index is 0.248. The van der Waals surface area contributed by atoms with Gasteiger partial charge < -0.3 is 5.11 Å². The lowest BCUT2D eigenvalue weighted by Gasteiger charge is -2.12. The lowest BCUT2D eigenvalue weighted by molar-refractivity contribution is 0.201. The van der Waals surface area contributed by atoms with Crippen LogP contribution in [0.4, 0.5) is 0 Å². The molecule has 1 atom stereocenters. The fraction of sp³-hybridized carbons (Fsp3) is 0.294. The molecular weight excluding hydrogens is 284 g/mol. The highest BCUT2D eigenvalue weighted by Crippen LogP contribution is 2.20. The minimum atomic E-state index is -3.49. The number of aryl methyl sites for hydroxylation is 2.